The van der Waals surface area contributed by atoms with Gasteiger partial charge in [-0.3, -0.25) is 14.9 Å². The van der Waals surface area contributed by atoms with E-state index in [2.05, 4.69) is 25.5 Å². The lowest BCUT2D eigenvalue weighted by Gasteiger charge is -2.09. The number of hydrogen-bond donors (Lipinski definition) is 2. The molecule has 0 bridgehead atoms. The first-order chi connectivity index (χ1) is 10.5. The van der Waals surface area contributed by atoms with Crippen LogP contribution in [0.25, 0.3) is 0 Å². The molecule has 0 saturated carbocycles. The number of carbonyl (C=O) groups excluding carboxylic acids is 1. The number of amides is 1. The number of ether oxygens (including phenoxy) is 1. The Morgan fingerprint density at radius 3 is 2.95 bits per heavy atom. The number of H-pyrrole nitrogens is 1. The predicted molar refractivity (Wildman–Crippen MR) is 84.6 cm³/mol. The summed E-state index contributed by atoms with van der Waals surface area (Å²) in [5.41, 5.74) is -0.335. The number of aryl methyl sites for hydroxylation is 1. The van der Waals surface area contributed by atoms with Crippen molar-refractivity contribution in [1.82, 2.24) is 20.2 Å². The van der Waals surface area contributed by atoms with E-state index < -0.39 is 5.25 Å². The first-order valence-electron chi connectivity index (χ1n) is 6.47. The number of aromatic amines is 1. The molecule has 118 valence electrons. The molecule has 0 unspecified atom stereocenters. The molecule has 22 heavy (non-hydrogen) atoms. The van der Waals surface area contributed by atoms with Gasteiger partial charge in [-0.25, -0.2) is 0 Å². The molecule has 0 spiro atoms. The summed E-state index contributed by atoms with van der Waals surface area (Å²) >= 11 is 2.46. The molecular formula is C12H15N5O3S2. The molecule has 0 aromatic carbocycles. The minimum atomic E-state index is -0.468. The van der Waals surface area contributed by atoms with Crippen LogP contribution < -0.4 is 15.6 Å². The SMILES string of the molecule is CCc1nnc(NC(=O)[C@@H](C)Sc2nc(OC)cc(=O)[nH]2)s1. The van der Waals surface area contributed by atoms with E-state index in [1.165, 1.54) is 24.5 Å². The summed E-state index contributed by atoms with van der Waals surface area (Å²) in [6, 6.07) is 1.24. The number of aromatic nitrogens is 4. The van der Waals surface area contributed by atoms with Gasteiger partial charge < -0.3 is 9.72 Å². The highest BCUT2D eigenvalue weighted by Crippen LogP contribution is 2.22. The Kier molecular flexibility index (Phi) is 5.50. The van der Waals surface area contributed by atoms with Crippen LogP contribution in [-0.4, -0.2) is 38.4 Å². The number of nitrogens with zero attached hydrogens (tertiary/aromatic N) is 3. The molecule has 0 aliphatic rings. The Labute approximate surface area is 134 Å². The van der Waals surface area contributed by atoms with Crippen LogP contribution in [0, 0.1) is 0 Å². The Morgan fingerprint density at radius 2 is 2.32 bits per heavy atom. The largest absolute Gasteiger partial charge is 0.481 e. The summed E-state index contributed by atoms with van der Waals surface area (Å²) in [6.07, 6.45) is 0.771. The van der Waals surface area contributed by atoms with Gasteiger partial charge in [-0.1, -0.05) is 30.0 Å². The zero-order valence-corrected chi connectivity index (χ0v) is 13.9. The van der Waals surface area contributed by atoms with E-state index in [-0.39, 0.29) is 17.3 Å². The van der Waals surface area contributed by atoms with E-state index in [1.807, 2.05) is 6.92 Å². The minimum Gasteiger partial charge on any atom is -0.481 e. The third-order valence-corrected chi connectivity index (χ3v) is 4.53. The average molecular weight is 341 g/mol. The number of hydrogen-bond acceptors (Lipinski definition) is 8. The van der Waals surface area contributed by atoms with E-state index in [1.54, 1.807) is 6.92 Å². The van der Waals surface area contributed by atoms with Crippen molar-refractivity contribution >= 4 is 34.1 Å². The maximum absolute atomic E-state index is 12.1. The van der Waals surface area contributed by atoms with Gasteiger partial charge in [0.05, 0.1) is 18.4 Å². The number of carbonyl (C=O) groups is 1. The second kappa shape index (κ2) is 7.36. The van der Waals surface area contributed by atoms with Crippen molar-refractivity contribution in [2.24, 2.45) is 0 Å². The summed E-state index contributed by atoms with van der Waals surface area (Å²) in [5.74, 6) is -0.0372. The van der Waals surface area contributed by atoms with Gasteiger partial charge in [0.1, 0.15) is 5.01 Å². The Morgan fingerprint density at radius 1 is 1.55 bits per heavy atom. The number of anilines is 1. The van der Waals surface area contributed by atoms with Gasteiger partial charge in [0, 0.05) is 0 Å². The van der Waals surface area contributed by atoms with Crippen LogP contribution in [0.2, 0.25) is 0 Å². The summed E-state index contributed by atoms with van der Waals surface area (Å²) in [7, 11) is 1.42. The van der Waals surface area contributed by atoms with Gasteiger partial charge in [-0.15, -0.1) is 10.2 Å². The van der Waals surface area contributed by atoms with Crippen molar-refractivity contribution < 1.29 is 9.53 Å². The lowest BCUT2D eigenvalue weighted by atomic mass is 10.4. The van der Waals surface area contributed by atoms with Gasteiger partial charge in [-0.05, 0) is 13.3 Å². The zero-order chi connectivity index (χ0) is 16.1. The highest BCUT2D eigenvalue weighted by Gasteiger charge is 2.18. The second-order valence-electron chi connectivity index (χ2n) is 4.20. The van der Waals surface area contributed by atoms with Crippen LogP contribution >= 0.6 is 23.1 Å². The monoisotopic (exact) mass is 341 g/mol. The summed E-state index contributed by atoms with van der Waals surface area (Å²) in [4.78, 5) is 30.2. The second-order valence-corrected chi connectivity index (χ2v) is 6.59. The Hall–Kier alpha value is -1.94. The first kappa shape index (κ1) is 16.4. The summed E-state index contributed by atoms with van der Waals surface area (Å²) in [5, 5.41) is 11.7. The lowest BCUT2D eigenvalue weighted by Crippen LogP contribution is -2.23. The molecule has 0 saturated heterocycles. The van der Waals surface area contributed by atoms with Crippen LogP contribution in [0.4, 0.5) is 5.13 Å². The van der Waals surface area contributed by atoms with E-state index in [0.29, 0.717) is 10.3 Å². The molecule has 1 amide bonds. The quantitative estimate of drug-likeness (QED) is 0.602. The maximum atomic E-state index is 12.1. The van der Waals surface area contributed by atoms with Crippen LogP contribution in [0.1, 0.15) is 18.9 Å². The molecule has 0 radical (unpaired) electrons. The third-order valence-electron chi connectivity index (χ3n) is 2.56. The van der Waals surface area contributed by atoms with Gasteiger partial charge in [-0.2, -0.15) is 4.98 Å². The van der Waals surface area contributed by atoms with Gasteiger partial charge >= 0.3 is 0 Å². The smallest absolute Gasteiger partial charge is 0.255 e. The summed E-state index contributed by atoms with van der Waals surface area (Å²) in [6.45, 7) is 3.68. The van der Waals surface area contributed by atoms with Crippen LogP contribution in [0.15, 0.2) is 16.0 Å². The molecule has 0 aliphatic heterocycles. The first-order valence-corrected chi connectivity index (χ1v) is 8.16. The van der Waals surface area contributed by atoms with E-state index in [4.69, 9.17) is 4.74 Å². The molecule has 0 fully saturated rings. The number of nitrogens with one attached hydrogen (secondary N) is 2. The fourth-order valence-corrected chi connectivity index (χ4v) is 2.93. The standard InChI is InChI=1S/C12H15N5O3S2/c1-4-9-16-17-12(22-9)15-10(19)6(2)21-11-13-7(18)5-8(14-11)20-3/h5-6H,4H2,1-3H3,(H,13,14,18)(H,15,17,19)/t6-/m1/s1. The van der Waals surface area contributed by atoms with Gasteiger partial charge in [0.2, 0.25) is 16.9 Å². The average Bonchev–Trinajstić information content (AvgIpc) is 2.94. The van der Waals surface area contributed by atoms with Crippen molar-refractivity contribution in [1.29, 1.82) is 0 Å². The highest BCUT2D eigenvalue weighted by molar-refractivity contribution is 8.00. The van der Waals surface area contributed by atoms with Gasteiger partial charge in [0.15, 0.2) is 5.16 Å². The number of methoxy groups -OCH3 is 1. The molecule has 2 aromatic heterocycles. The maximum Gasteiger partial charge on any atom is 0.255 e. The molecule has 2 rings (SSSR count). The minimum absolute atomic E-state index is 0.204. The van der Waals surface area contributed by atoms with Crippen molar-refractivity contribution in [2.75, 3.05) is 12.4 Å². The molecule has 1 atom stereocenters. The Bertz CT molecular complexity index is 715. The topological polar surface area (TPSA) is 110 Å². The highest BCUT2D eigenvalue weighted by atomic mass is 32.2. The van der Waals surface area contributed by atoms with Crippen LogP contribution in [-0.2, 0) is 11.2 Å². The molecule has 8 nitrogen and oxygen atoms in total. The van der Waals surface area contributed by atoms with Crippen molar-refractivity contribution in [2.45, 2.75) is 30.7 Å². The van der Waals surface area contributed by atoms with Crippen LogP contribution in [0.5, 0.6) is 5.88 Å². The molecule has 2 heterocycles. The predicted octanol–water partition coefficient (Wildman–Crippen LogP) is 1.31. The number of rotatable bonds is 6. The van der Waals surface area contributed by atoms with E-state index >= 15 is 0 Å². The van der Waals surface area contributed by atoms with Crippen molar-refractivity contribution in [3.05, 3.63) is 21.4 Å². The molecule has 2 aromatic rings. The van der Waals surface area contributed by atoms with Gasteiger partial charge in [0.25, 0.3) is 5.56 Å². The molecule has 2 N–H and O–H groups in total. The normalized spacial score (nSPS) is 12.0. The summed E-state index contributed by atoms with van der Waals surface area (Å²) < 4.78 is 4.93. The van der Waals surface area contributed by atoms with E-state index in [9.17, 15) is 9.59 Å². The molecular weight excluding hydrogens is 326 g/mol. The van der Waals surface area contributed by atoms with E-state index in [0.717, 1.165) is 23.2 Å². The van der Waals surface area contributed by atoms with Crippen molar-refractivity contribution in [3.8, 4) is 5.88 Å². The Balaban J connectivity index is 2.01. The van der Waals surface area contributed by atoms with Crippen LogP contribution in [0.3, 0.4) is 0 Å². The number of thioether (sulfide) groups is 1. The zero-order valence-electron chi connectivity index (χ0n) is 12.2. The third kappa shape index (κ3) is 4.28. The fraction of sp³-hybridized carbons (Fsp3) is 0.417. The molecule has 10 heteroatoms. The molecule has 0 aliphatic carbocycles. The van der Waals surface area contributed by atoms with Crippen molar-refractivity contribution in [3.63, 3.8) is 0 Å². The fourth-order valence-electron chi connectivity index (χ4n) is 1.45. The lowest BCUT2D eigenvalue weighted by molar-refractivity contribution is -0.115.